The van der Waals surface area contributed by atoms with Gasteiger partial charge in [-0.3, -0.25) is 9.59 Å². The summed E-state index contributed by atoms with van der Waals surface area (Å²) in [5.74, 6) is 0.334. The molecule has 0 fully saturated rings. The molecule has 0 amide bonds. The van der Waals surface area contributed by atoms with Crippen LogP contribution in [-0.4, -0.2) is 37.2 Å². The van der Waals surface area contributed by atoms with Crippen LogP contribution < -0.4 is 10.6 Å². The van der Waals surface area contributed by atoms with Crippen molar-refractivity contribution in [3.63, 3.8) is 0 Å². The van der Waals surface area contributed by atoms with E-state index in [0.29, 0.717) is 6.42 Å². The summed E-state index contributed by atoms with van der Waals surface area (Å²) < 4.78 is 0. The average Bonchev–Trinajstić information content (AvgIpc) is 2.68. The lowest BCUT2D eigenvalue weighted by Gasteiger charge is -2.20. The minimum Gasteiger partial charge on any atom is -0.311 e. The molecule has 0 saturated carbocycles. The van der Waals surface area contributed by atoms with E-state index >= 15 is 0 Å². The number of carbonyl (C=O) groups excluding carboxylic acids is 2. The molecule has 0 saturated heterocycles. The van der Waals surface area contributed by atoms with Crippen molar-refractivity contribution in [2.24, 2.45) is 0 Å². The Balaban J connectivity index is 2.70. The molecule has 0 radical (unpaired) electrons. The zero-order chi connectivity index (χ0) is 20.1. The van der Waals surface area contributed by atoms with E-state index in [2.05, 4.69) is 37.5 Å². The van der Waals surface area contributed by atoms with Gasteiger partial charge < -0.3 is 10.6 Å². The van der Waals surface area contributed by atoms with Crippen molar-refractivity contribution in [2.45, 2.75) is 84.2 Å². The molecule has 0 aromatic heterocycles. The molecule has 4 heteroatoms. The van der Waals surface area contributed by atoms with Gasteiger partial charge in [-0.1, -0.05) is 70.7 Å². The first-order chi connectivity index (χ1) is 13.1. The molecular weight excluding hydrogens is 336 g/mol. The summed E-state index contributed by atoms with van der Waals surface area (Å²) in [6.45, 7) is 6.62. The number of Topliss-reactive ketones (excluding diaryl/α,β-unsaturated/α-hetero) is 2. The first-order valence-corrected chi connectivity index (χ1v) is 10.6. The number of hydrogen-bond donors (Lipinski definition) is 2. The lowest BCUT2D eigenvalue weighted by Crippen LogP contribution is -2.45. The van der Waals surface area contributed by atoms with Crippen LogP contribution in [-0.2, 0) is 22.4 Å². The summed E-state index contributed by atoms with van der Waals surface area (Å²) in [5, 5.41) is 6.38. The van der Waals surface area contributed by atoms with Gasteiger partial charge in [0.1, 0.15) is 0 Å². The summed E-state index contributed by atoms with van der Waals surface area (Å²) in [6.07, 6.45) is 7.14. The van der Waals surface area contributed by atoms with Gasteiger partial charge in [0.2, 0.25) is 0 Å². The number of likely N-dealkylation sites (N-methyl/N-ethyl adjacent to an activating group) is 1. The number of rotatable bonds is 15. The van der Waals surface area contributed by atoms with Crippen molar-refractivity contribution in [3.8, 4) is 0 Å². The summed E-state index contributed by atoms with van der Waals surface area (Å²) in [7, 11) is 1.83. The molecule has 1 aromatic carbocycles. The van der Waals surface area contributed by atoms with Gasteiger partial charge in [-0.15, -0.1) is 0 Å². The number of benzene rings is 1. The predicted molar refractivity (Wildman–Crippen MR) is 113 cm³/mol. The van der Waals surface area contributed by atoms with E-state index in [1.807, 2.05) is 25.2 Å². The Morgan fingerprint density at radius 3 is 2.04 bits per heavy atom. The van der Waals surface area contributed by atoms with Crippen LogP contribution in [0.2, 0.25) is 0 Å². The summed E-state index contributed by atoms with van der Waals surface area (Å²) in [6, 6.07) is 7.77. The summed E-state index contributed by atoms with van der Waals surface area (Å²) in [4.78, 5) is 25.4. The van der Waals surface area contributed by atoms with E-state index in [1.165, 1.54) is 5.56 Å². The zero-order valence-corrected chi connectivity index (χ0v) is 17.6. The monoisotopic (exact) mass is 374 g/mol. The molecule has 0 aliphatic heterocycles. The number of nitrogens with one attached hydrogen (secondary N) is 2. The second kappa shape index (κ2) is 13.6. The van der Waals surface area contributed by atoms with Crippen molar-refractivity contribution in [3.05, 3.63) is 35.4 Å². The number of ketones is 2. The van der Waals surface area contributed by atoms with E-state index < -0.39 is 0 Å². The van der Waals surface area contributed by atoms with E-state index in [4.69, 9.17) is 0 Å². The van der Waals surface area contributed by atoms with Gasteiger partial charge in [-0.05, 0) is 37.4 Å². The first kappa shape index (κ1) is 23.5. The third-order valence-corrected chi connectivity index (χ3v) is 5.21. The highest BCUT2D eigenvalue weighted by Crippen LogP contribution is 2.13. The molecule has 0 aliphatic carbocycles. The van der Waals surface area contributed by atoms with Crippen molar-refractivity contribution in [1.29, 1.82) is 0 Å². The molecular formula is C23H38N2O2. The van der Waals surface area contributed by atoms with Crippen LogP contribution in [0.5, 0.6) is 0 Å². The lowest BCUT2D eigenvalue weighted by atomic mass is 9.95. The molecule has 2 atom stereocenters. The van der Waals surface area contributed by atoms with Crippen LogP contribution in [0.4, 0.5) is 0 Å². The minimum absolute atomic E-state index is 0.125. The first-order valence-electron chi connectivity index (χ1n) is 10.6. The predicted octanol–water partition coefficient (Wildman–Crippen LogP) is 3.86. The fraction of sp³-hybridized carbons (Fsp3) is 0.652. The number of hydrogen-bond acceptors (Lipinski definition) is 4. The second-order valence-electron chi connectivity index (χ2n) is 7.29. The quantitative estimate of drug-likeness (QED) is 0.489. The molecule has 2 N–H and O–H groups in total. The Morgan fingerprint density at radius 1 is 0.889 bits per heavy atom. The normalized spacial score (nSPS) is 13.3. The molecule has 4 nitrogen and oxygen atoms in total. The number of carbonyl (C=O) groups is 2. The Bertz CT molecular complexity index is 571. The van der Waals surface area contributed by atoms with Crippen molar-refractivity contribution < 1.29 is 9.59 Å². The van der Waals surface area contributed by atoms with Gasteiger partial charge in [-0.25, -0.2) is 0 Å². The minimum atomic E-state index is -0.248. The van der Waals surface area contributed by atoms with Crippen molar-refractivity contribution >= 4 is 11.6 Å². The molecule has 0 heterocycles. The highest BCUT2D eigenvalue weighted by molar-refractivity contribution is 5.89. The molecule has 27 heavy (non-hydrogen) atoms. The Kier molecular flexibility index (Phi) is 11.9. The fourth-order valence-electron chi connectivity index (χ4n) is 3.39. The van der Waals surface area contributed by atoms with Gasteiger partial charge in [0.15, 0.2) is 11.6 Å². The number of aryl methyl sites for hydroxylation is 1. The van der Waals surface area contributed by atoms with Crippen LogP contribution in [0.15, 0.2) is 24.3 Å². The largest absolute Gasteiger partial charge is 0.311 e. The number of unbranched alkanes of at least 4 members (excludes halogenated alkanes) is 2. The maximum atomic E-state index is 12.9. The van der Waals surface area contributed by atoms with E-state index in [1.54, 1.807) is 0 Å². The SMILES string of the molecule is CCCC[C@H](NC)C(=O)CN[C@@H](CCCC)C(=O)Cc1ccccc1CC. The Morgan fingerprint density at radius 2 is 1.48 bits per heavy atom. The standard InChI is InChI=1S/C23H38N2O2/c1-5-8-14-20(24-4)23(27)17-25-21(15-9-6-2)22(26)16-19-13-11-10-12-18(19)7-3/h10-13,20-21,24-25H,5-9,14-17H2,1-4H3/t20-,21-/m0/s1. The average molecular weight is 375 g/mol. The maximum Gasteiger partial charge on any atom is 0.163 e. The van der Waals surface area contributed by atoms with Crippen molar-refractivity contribution in [1.82, 2.24) is 10.6 Å². The fourth-order valence-corrected chi connectivity index (χ4v) is 3.39. The van der Waals surface area contributed by atoms with Crippen LogP contribution >= 0.6 is 0 Å². The molecule has 0 bridgehead atoms. The third kappa shape index (κ3) is 8.35. The highest BCUT2D eigenvalue weighted by atomic mass is 16.1. The van der Waals surface area contributed by atoms with Crippen LogP contribution in [0.1, 0.15) is 70.4 Å². The van der Waals surface area contributed by atoms with E-state index in [0.717, 1.165) is 50.5 Å². The second-order valence-corrected chi connectivity index (χ2v) is 7.29. The van der Waals surface area contributed by atoms with Gasteiger partial charge in [0.05, 0.1) is 18.6 Å². The smallest absolute Gasteiger partial charge is 0.163 e. The molecule has 0 spiro atoms. The highest BCUT2D eigenvalue weighted by Gasteiger charge is 2.22. The van der Waals surface area contributed by atoms with Crippen LogP contribution in [0.25, 0.3) is 0 Å². The third-order valence-electron chi connectivity index (χ3n) is 5.21. The summed E-state index contributed by atoms with van der Waals surface area (Å²) in [5.41, 5.74) is 2.33. The van der Waals surface area contributed by atoms with Gasteiger partial charge in [0.25, 0.3) is 0 Å². The van der Waals surface area contributed by atoms with Crippen molar-refractivity contribution in [2.75, 3.05) is 13.6 Å². The Hall–Kier alpha value is -1.52. The zero-order valence-electron chi connectivity index (χ0n) is 17.6. The lowest BCUT2D eigenvalue weighted by molar-refractivity contribution is -0.122. The maximum absolute atomic E-state index is 12.9. The molecule has 0 aliphatic rings. The van der Waals surface area contributed by atoms with Crippen LogP contribution in [0, 0.1) is 0 Å². The van der Waals surface area contributed by atoms with E-state index in [9.17, 15) is 9.59 Å². The molecule has 0 unspecified atom stereocenters. The van der Waals surface area contributed by atoms with Gasteiger partial charge in [0, 0.05) is 6.42 Å². The Labute approximate surface area is 165 Å². The summed E-state index contributed by atoms with van der Waals surface area (Å²) >= 11 is 0. The molecule has 152 valence electrons. The topological polar surface area (TPSA) is 58.2 Å². The van der Waals surface area contributed by atoms with Crippen LogP contribution in [0.3, 0.4) is 0 Å². The van der Waals surface area contributed by atoms with E-state index in [-0.39, 0.29) is 30.2 Å². The molecule has 1 aromatic rings. The van der Waals surface area contributed by atoms with Gasteiger partial charge >= 0.3 is 0 Å². The van der Waals surface area contributed by atoms with Gasteiger partial charge in [-0.2, -0.15) is 0 Å². The molecule has 1 rings (SSSR count).